The number of hydrogen-bond donors (Lipinski definition) is 1. The van der Waals surface area contributed by atoms with Crippen LogP contribution in [0.5, 0.6) is 0 Å². The third kappa shape index (κ3) is 4.76. The van der Waals surface area contributed by atoms with Gasteiger partial charge in [-0.1, -0.05) is 37.6 Å². The second-order valence-corrected chi connectivity index (χ2v) is 7.26. The molecule has 3 aromatic rings. The van der Waals surface area contributed by atoms with Crippen molar-refractivity contribution in [2.24, 2.45) is 0 Å². The largest absolute Gasteiger partial charge is 0.353 e. The third-order valence-corrected chi connectivity index (χ3v) is 5.07. The molecule has 2 heterocycles. The molecule has 26 heavy (non-hydrogen) atoms. The summed E-state index contributed by atoms with van der Waals surface area (Å²) in [7, 11) is 0. The van der Waals surface area contributed by atoms with Gasteiger partial charge in [0, 0.05) is 34.9 Å². The highest BCUT2D eigenvalue weighted by molar-refractivity contribution is 7.13. The van der Waals surface area contributed by atoms with E-state index in [-0.39, 0.29) is 11.9 Å². The molecule has 0 aliphatic carbocycles. The minimum absolute atomic E-state index is 0.0762. The minimum Gasteiger partial charge on any atom is -0.353 e. The van der Waals surface area contributed by atoms with E-state index in [4.69, 9.17) is 4.98 Å². The van der Waals surface area contributed by atoms with Crippen molar-refractivity contribution in [3.8, 4) is 21.8 Å². The Kier molecular flexibility index (Phi) is 6.12. The zero-order chi connectivity index (χ0) is 18.4. The van der Waals surface area contributed by atoms with Gasteiger partial charge in [0.1, 0.15) is 5.01 Å². The van der Waals surface area contributed by atoms with Crippen LogP contribution in [0.25, 0.3) is 21.8 Å². The molecule has 0 radical (unpaired) electrons. The van der Waals surface area contributed by atoms with Crippen LogP contribution in [0.1, 0.15) is 32.3 Å². The number of hydrogen-bond acceptors (Lipinski definition) is 4. The van der Waals surface area contributed by atoms with Gasteiger partial charge in [-0.25, -0.2) is 4.98 Å². The van der Waals surface area contributed by atoms with E-state index in [1.165, 1.54) is 0 Å². The molecule has 0 fully saturated rings. The number of benzene rings is 1. The van der Waals surface area contributed by atoms with Gasteiger partial charge in [-0.3, -0.25) is 9.78 Å². The zero-order valence-corrected chi connectivity index (χ0v) is 15.9. The normalized spacial score (nSPS) is 11.9. The topological polar surface area (TPSA) is 54.9 Å². The molecule has 1 amide bonds. The summed E-state index contributed by atoms with van der Waals surface area (Å²) < 4.78 is 0. The van der Waals surface area contributed by atoms with E-state index in [0.29, 0.717) is 6.42 Å². The fraction of sp³-hybridized carbons (Fsp3) is 0.286. The maximum absolute atomic E-state index is 12.1. The van der Waals surface area contributed by atoms with Crippen molar-refractivity contribution in [2.75, 3.05) is 0 Å². The van der Waals surface area contributed by atoms with Crippen molar-refractivity contribution in [2.45, 2.75) is 39.2 Å². The molecule has 0 bridgehead atoms. The summed E-state index contributed by atoms with van der Waals surface area (Å²) in [5, 5.41) is 6.08. The number of aromatic nitrogens is 2. The van der Waals surface area contributed by atoms with Crippen molar-refractivity contribution < 1.29 is 4.79 Å². The van der Waals surface area contributed by atoms with Crippen molar-refractivity contribution in [1.29, 1.82) is 0 Å². The van der Waals surface area contributed by atoms with Gasteiger partial charge < -0.3 is 5.32 Å². The van der Waals surface area contributed by atoms with Gasteiger partial charge >= 0.3 is 0 Å². The summed E-state index contributed by atoms with van der Waals surface area (Å²) in [5.74, 6) is 0.0762. The summed E-state index contributed by atoms with van der Waals surface area (Å²) in [6.07, 6.45) is 6.04. The second kappa shape index (κ2) is 8.72. The molecule has 5 heteroatoms. The monoisotopic (exact) mass is 365 g/mol. The standard InChI is InChI=1S/C21H23N3OS/c1-3-4-15(2)23-20(25)13-16-5-7-17(8-6-16)19-14-26-21(24-19)18-9-11-22-12-10-18/h5-12,14-15H,3-4,13H2,1-2H3,(H,23,25). The second-order valence-electron chi connectivity index (χ2n) is 6.40. The summed E-state index contributed by atoms with van der Waals surface area (Å²) >= 11 is 1.62. The Morgan fingerprint density at radius 2 is 1.85 bits per heavy atom. The Labute approximate surface area is 158 Å². The van der Waals surface area contributed by atoms with Gasteiger partial charge in [0.25, 0.3) is 0 Å². The average molecular weight is 366 g/mol. The highest BCUT2D eigenvalue weighted by Crippen LogP contribution is 2.28. The van der Waals surface area contributed by atoms with Gasteiger partial charge in [-0.05, 0) is 31.0 Å². The first kappa shape index (κ1) is 18.3. The predicted octanol–water partition coefficient (Wildman–Crippen LogP) is 4.72. The Morgan fingerprint density at radius 3 is 2.54 bits per heavy atom. The average Bonchev–Trinajstić information content (AvgIpc) is 3.13. The number of nitrogens with zero attached hydrogens (tertiary/aromatic N) is 2. The van der Waals surface area contributed by atoms with Crippen LogP contribution in [0.4, 0.5) is 0 Å². The van der Waals surface area contributed by atoms with Gasteiger partial charge in [0.15, 0.2) is 0 Å². The lowest BCUT2D eigenvalue weighted by Crippen LogP contribution is -2.33. The summed E-state index contributed by atoms with van der Waals surface area (Å²) in [5.41, 5.74) is 4.10. The van der Waals surface area contributed by atoms with Gasteiger partial charge in [-0.2, -0.15) is 0 Å². The van der Waals surface area contributed by atoms with Crippen molar-refractivity contribution >= 4 is 17.2 Å². The molecule has 1 atom stereocenters. The molecule has 3 rings (SSSR count). The number of pyridine rings is 1. The first-order valence-corrected chi connectivity index (χ1v) is 9.78. The van der Waals surface area contributed by atoms with E-state index in [1.807, 2.05) is 43.3 Å². The van der Waals surface area contributed by atoms with Crippen LogP contribution in [-0.4, -0.2) is 21.9 Å². The first-order valence-electron chi connectivity index (χ1n) is 8.90. The van der Waals surface area contributed by atoms with Crippen LogP contribution in [-0.2, 0) is 11.2 Å². The smallest absolute Gasteiger partial charge is 0.224 e. The predicted molar refractivity (Wildman–Crippen MR) is 107 cm³/mol. The number of nitrogens with one attached hydrogen (secondary N) is 1. The van der Waals surface area contributed by atoms with E-state index in [1.54, 1.807) is 23.7 Å². The SMILES string of the molecule is CCCC(C)NC(=O)Cc1ccc(-c2csc(-c3ccncc3)n2)cc1. The van der Waals surface area contributed by atoms with E-state index < -0.39 is 0 Å². The molecule has 0 spiro atoms. The maximum atomic E-state index is 12.1. The molecule has 0 aliphatic rings. The van der Waals surface area contributed by atoms with Gasteiger partial charge in [0.05, 0.1) is 12.1 Å². The van der Waals surface area contributed by atoms with Crippen molar-refractivity contribution in [3.05, 3.63) is 59.7 Å². The van der Waals surface area contributed by atoms with Crippen LogP contribution in [0.15, 0.2) is 54.2 Å². The Bertz CT molecular complexity index is 843. The first-order chi connectivity index (χ1) is 12.7. The number of carbonyl (C=O) groups excluding carboxylic acids is 1. The molecule has 0 saturated carbocycles. The third-order valence-electron chi connectivity index (χ3n) is 4.17. The highest BCUT2D eigenvalue weighted by atomic mass is 32.1. The van der Waals surface area contributed by atoms with Crippen LogP contribution in [0.3, 0.4) is 0 Å². The lowest BCUT2D eigenvalue weighted by atomic mass is 10.1. The van der Waals surface area contributed by atoms with E-state index in [2.05, 4.69) is 22.6 Å². The number of thiazole rings is 1. The van der Waals surface area contributed by atoms with Gasteiger partial charge in [0.2, 0.25) is 5.91 Å². The minimum atomic E-state index is 0.0762. The van der Waals surface area contributed by atoms with Crippen LogP contribution in [0.2, 0.25) is 0 Å². The quantitative estimate of drug-likeness (QED) is 0.659. The Hall–Kier alpha value is -2.53. The number of amides is 1. The van der Waals surface area contributed by atoms with Crippen LogP contribution < -0.4 is 5.32 Å². The fourth-order valence-electron chi connectivity index (χ4n) is 2.84. The molecule has 4 nitrogen and oxygen atoms in total. The molecular weight excluding hydrogens is 342 g/mol. The molecule has 0 aliphatic heterocycles. The molecule has 1 N–H and O–H groups in total. The summed E-state index contributed by atoms with van der Waals surface area (Å²) in [6, 6.07) is 12.2. The van der Waals surface area contributed by atoms with Crippen molar-refractivity contribution in [1.82, 2.24) is 15.3 Å². The van der Waals surface area contributed by atoms with E-state index in [9.17, 15) is 4.79 Å². The molecule has 0 saturated heterocycles. The molecular formula is C21H23N3OS. The lowest BCUT2D eigenvalue weighted by molar-refractivity contribution is -0.121. The summed E-state index contributed by atoms with van der Waals surface area (Å²) in [6.45, 7) is 4.17. The van der Waals surface area contributed by atoms with Crippen LogP contribution >= 0.6 is 11.3 Å². The maximum Gasteiger partial charge on any atom is 0.224 e. The number of rotatable bonds is 7. The van der Waals surface area contributed by atoms with E-state index >= 15 is 0 Å². The van der Waals surface area contributed by atoms with Crippen LogP contribution in [0, 0.1) is 0 Å². The Morgan fingerprint density at radius 1 is 1.12 bits per heavy atom. The summed E-state index contributed by atoms with van der Waals surface area (Å²) in [4.78, 5) is 20.8. The Balaban J connectivity index is 1.65. The molecule has 134 valence electrons. The fourth-order valence-corrected chi connectivity index (χ4v) is 3.68. The van der Waals surface area contributed by atoms with Crippen molar-refractivity contribution in [3.63, 3.8) is 0 Å². The van der Waals surface area contributed by atoms with Gasteiger partial charge in [-0.15, -0.1) is 11.3 Å². The molecule has 1 unspecified atom stereocenters. The zero-order valence-electron chi connectivity index (χ0n) is 15.1. The van der Waals surface area contributed by atoms with E-state index in [0.717, 1.165) is 40.2 Å². The molecule has 1 aromatic carbocycles. The molecule has 2 aromatic heterocycles. The highest BCUT2D eigenvalue weighted by Gasteiger charge is 2.09. The lowest BCUT2D eigenvalue weighted by Gasteiger charge is -2.12. The number of carbonyl (C=O) groups is 1.